The van der Waals surface area contributed by atoms with Crippen molar-refractivity contribution in [2.75, 3.05) is 33.4 Å². The molecule has 0 aromatic carbocycles. The van der Waals surface area contributed by atoms with E-state index in [1.807, 2.05) is 6.07 Å². The number of ether oxygens (including phenoxy) is 1. The fraction of sp³-hybridized carbons (Fsp3) is 0.733. The Bertz CT molecular complexity index is 334. The lowest BCUT2D eigenvalue weighted by atomic mass is 10.1. The van der Waals surface area contributed by atoms with Gasteiger partial charge < -0.3 is 14.5 Å². The monoisotopic (exact) mass is 266 g/mol. The number of hydrogen-bond acceptors (Lipinski definition) is 4. The summed E-state index contributed by atoms with van der Waals surface area (Å²) in [4.78, 5) is 2.52. The molecule has 2 rings (SSSR count). The van der Waals surface area contributed by atoms with Crippen molar-refractivity contribution >= 4 is 0 Å². The largest absolute Gasteiger partial charge is 0.468 e. The highest BCUT2D eigenvalue weighted by molar-refractivity contribution is 5.06. The Labute approximate surface area is 116 Å². The highest BCUT2D eigenvalue weighted by atomic mass is 16.5. The minimum atomic E-state index is 0.350. The third kappa shape index (κ3) is 4.06. The number of furan rings is 1. The van der Waals surface area contributed by atoms with Crippen LogP contribution in [0.2, 0.25) is 0 Å². The predicted octanol–water partition coefficient (Wildman–Crippen LogP) is 2.43. The van der Waals surface area contributed by atoms with Gasteiger partial charge in [0, 0.05) is 19.7 Å². The van der Waals surface area contributed by atoms with Gasteiger partial charge in [-0.15, -0.1) is 0 Å². The molecule has 1 aromatic rings. The zero-order valence-electron chi connectivity index (χ0n) is 12.1. The van der Waals surface area contributed by atoms with Gasteiger partial charge in [0.15, 0.2) is 0 Å². The molecule has 0 spiro atoms. The average Bonchev–Trinajstić information content (AvgIpc) is 3.11. The molecule has 0 saturated carbocycles. The van der Waals surface area contributed by atoms with Crippen molar-refractivity contribution in [2.45, 2.75) is 38.3 Å². The number of rotatable bonds is 8. The molecule has 0 bridgehead atoms. The van der Waals surface area contributed by atoms with Gasteiger partial charge >= 0.3 is 0 Å². The van der Waals surface area contributed by atoms with Gasteiger partial charge in [-0.25, -0.2) is 0 Å². The molecule has 1 saturated heterocycles. The first-order chi connectivity index (χ1) is 9.35. The van der Waals surface area contributed by atoms with E-state index in [0.29, 0.717) is 12.1 Å². The van der Waals surface area contributed by atoms with Crippen molar-refractivity contribution in [1.29, 1.82) is 0 Å². The number of hydrogen-bond donors (Lipinski definition) is 1. The van der Waals surface area contributed by atoms with E-state index in [0.717, 1.165) is 25.3 Å². The fourth-order valence-corrected chi connectivity index (χ4v) is 2.74. The summed E-state index contributed by atoms with van der Waals surface area (Å²) in [6.07, 6.45) is 5.45. The molecule has 0 radical (unpaired) electrons. The van der Waals surface area contributed by atoms with Gasteiger partial charge in [-0.3, -0.25) is 4.90 Å². The molecule has 2 heterocycles. The lowest BCUT2D eigenvalue weighted by Crippen LogP contribution is -2.40. The summed E-state index contributed by atoms with van der Waals surface area (Å²) < 4.78 is 10.9. The van der Waals surface area contributed by atoms with Crippen LogP contribution in [0.1, 0.15) is 38.0 Å². The van der Waals surface area contributed by atoms with Crippen molar-refractivity contribution in [3.8, 4) is 0 Å². The third-order valence-corrected chi connectivity index (χ3v) is 3.91. The van der Waals surface area contributed by atoms with Crippen LogP contribution in [0.3, 0.4) is 0 Å². The van der Waals surface area contributed by atoms with Crippen molar-refractivity contribution < 1.29 is 9.15 Å². The van der Waals surface area contributed by atoms with Gasteiger partial charge in [0.05, 0.1) is 18.9 Å². The smallest absolute Gasteiger partial charge is 0.122 e. The van der Waals surface area contributed by atoms with Crippen LogP contribution in [0.4, 0.5) is 0 Å². The minimum Gasteiger partial charge on any atom is -0.468 e. The molecule has 19 heavy (non-hydrogen) atoms. The van der Waals surface area contributed by atoms with E-state index in [1.54, 1.807) is 13.4 Å². The molecule has 4 heteroatoms. The second kappa shape index (κ2) is 7.68. The first-order valence-electron chi connectivity index (χ1n) is 7.35. The maximum atomic E-state index is 5.62. The molecule has 2 unspecified atom stereocenters. The first kappa shape index (κ1) is 14.6. The van der Waals surface area contributed by atoms with Gasteiger partial charge in [0.1, 0.15) is 5.76 Å². The summed E-state index contributed by atoms with van der Waals surface area (Å²) in [6, 6.07) is 4.83. The summed E-state index contributed by atoms with van der Waals surface area (Å²) in [7, 11) is 1.76. The first-order valence-corrected chi connectivity index (χ1v) is 7.35. The summed E-state index contributed by atoms with van der Waals surface area (Å²) in [5.74, 6) is 1.07. The predicted molar refractivity (Wildman–Crippen MR) is 76.2 cm³/mol. The molecule has 108 valence electrons. The molecule has 1 aliphatic heterocycles. The molecule has 0 amide bonds. The summed E-state index contributed by atoms with van der Waals surface area (Å²) in [5, 5.41) is 3.61. The lowest BCUT2D eigenvalue weighted by molar-refractivity contribution is 0.150. The highest BCUT2D eigenvalue weighted by Gasteiger charge is 2.25. The van der Waals surface area contributed by atoms with Crippen LogP contribution in [-0.2, 0) is 4.74 Å². The number of likely N-dealkylation sites (tertiary alicyclic amines) is 1. The van der Waals surface area contributed by atoms with Gasteiger partial charge in [-0.05, 0) is 44.5 Å². The molecular formula is C15H26N2O2. The molecule has 1 aromatic heterocycles. The molecule has 1 fully saturated rings. The zero-order valence-corrected chi connectivity index (χ0v) is 12.1. The van der Waals surface area contributed by atoms with Crippen LogP contribution in [0.25, 0.3) is 0 Å². The van der Waals surface area contributed by atoms with Crippen LogP contribution in [0, 0.1) is 0 Å². The van der Waals surface area contributed by atoms with E-state index in [-0.39, 0.29) is 0 Å². The van der Waals surface area contributed by atoms with Gasteiger partial charge in [-0.2, -0.15) is 0 Å². The van der Waals surface area contributed by atoms with E-state index < -0.39 is 0 Å². The van der Waals surface area contributed by atoms with Gasteiger partial charge in [-0.1, -0.05) is 6.92 Å². The minimum absolute atomic E-state index is 0.350. The molecule has 4 nitrogen and oxygen atoms in total. The Kier molecular flexibility index (Phi) is 5.89. The Morgan fingerprint density at radius 2 is 2.21 bits per heavy atom. The second-order valence-corrected chi connectivity index (χ2v) is 5.24. The zero-order chi connectivity index (χ0) is 13.5. The summed E-state index contributed by atoms with van der Waals surface area (Å²) in [6.45, 7) is 6.23. The highest BCUT2D eigenvalue weighted by Crippen LogP contribution is 2.25. The molecule has 0 aliphatic carbocycles. The average molecular weight is 266 g/mol. The number of nitrogens with one attached hydrogen (secondary N) is 1. The SMILES string of the molecule is CCC(COC)NCC(c1ccco1)N1CCCC1. The standard InChI is InChI=1S/C15H26N2O2/c1-3-13(12-18-2)16-11-14(15-7-6-10-19-15)17-8-4-5-9-17/h6-7,10,13-14,16H,3-5,8-9,11-12H2,1-2H3. The number of nitrogens with zero attached hydrogens (tertiary/aromatic N) is 1. The van der Waals surface area contributed by atoms with Gasteiger partial charge in [0.2, 0.25) is 0 Å². The maximum absolute atomic E-state index is 5.62. The van der Waals surface area contributed by atoms with Crippen LogP contribution in [-0.4, -0.2) is 44.3 Å². The fourth-order valence-electron chi connectivity index (χ4n) is 2.74. The maximum Gasteiger partial charge on any atom is 0.122 e. The van der Waals surface area contributed by atoms with E-state index >= 15 is 0 Å². The van der Waals surface area contributed by atoms with E-state index in [2.05, 4.69) is 23.2 Å². The lowest BCUT2D eigenvalue weighted by Gasteiger charge is -2.28. The van der Waals surface area contributed by atoms with Gasteiger partial charge in [0.25, 0.3) is 0 Å². The Balaban J connectivity index is 1.94. The molecule has 2 atom stereocenters. The summed E-state index contributed by atoms with van der Waals surface area (Å²) >= 11 is 0. The quantitative estimate of drug-likeness (QED) is 0.784. The van der Waals surface area contributed by atoms with E-state index in [9.17, 15) is 0 Å². The van der Waals surface area contributed by atoms with E-state index in [4.69, 9.17) is 9.15 Å². The summed E-state index contributed by atoms with van der Waals surface area (Å²) in [5.41, 5.74) is 0. The topological polar surface area (TPSA) is 37.6 Å². The number of methoxy groups -OCH3 is 1. The van der Waals surface area contributed by atoms with Crippen molar-refractivity contribution in [2.24, 2.45) is 0 Å². The normalized spacial score (nSPS) is 19.7. The van der Waals surface area contributed by atoms with Crippen molar-refractivity contribution in [3.63, 3.8) is 0 Å². The Morgan fingerprint density at radius 3 is 2.79 bits per heavy atom. The van der Waals surface area contributed by atoms with Crippen molar-refractivity contribution in [1.82, 2.24) is 10.2 Å². The van der Waals surface area contributed by atoms with Crippen LogP contribution in [0.15, 0.2) is 22.8 Å². The molecular weight excluding hydrogens is 240 g/mol. The third-order valence-electron chi connectivity index (χ3n) is 3.91. The second-order valence-electron chi connectivity index (χ2n) is 5.24. The Morgan fingerprint density at radius 1 is 1.42 bits per heavy atom. The molecule has 1 N–H and O–H groups in total. The van der Waals surface area contributed by atoms with Crippen molar-refractivity contribution in [3.05, 3.63) is 24.2 Å². The van der Waals surface area contributed by atoms with Crippen LogP contribution in [0.5, 0.6) is 0 Å². The van der Waals surface area contributed by atoms with Crippen LogP contribution >= 0.6 is 0 Å². The molecule has 1 aliphatic rings. The van der Waals surface area contributed by atoms with Crippen LogP contribution < -0.4 is 5.32 Å². The van der Waals surface area contributed by atoms with E-state index in [1.165, 1.54) is 25.9 Å². The Hall–Kier alpha value is -0.840.